The first-order valence-electron chi connectivity index (χ1n) is 6.42. The van der Waals surface area contributed by atoms with Crippen LogP contribution in [0.5, 0.6) is 5.75 Å². The fourth-order valence-electron chi connectivity index (χ4n) is 1.74. The fraction of sp³-hybridized carbons (Fsp3) is 0.188. The summed E-state index contributed by atoms with van der Waals surface area (Å²) < 4.78 is 5.25. The van der Waals surface area contributed by atoms with Crippen molar-refractivity contribution in [2.45, 2.75) is 6.54 Å². The van der Waals surface area contributed by atoms with Crippen LogP contribution in [-0.2, 0) is 6.54 Å². The van der Waals surface area contributed by atoms with Crippen LogP contribution in [0.2, 0.25) is 0 Å². The molecule has 0 spiro atoms. The Morgan fingerprint density at radius 2 is 1.85 bits per heavy atom. The van der Waals surface area contributed by atoms with Crippen molar-refractivity contribution in [2.75, 3.05) is 19.0 Å². The van der Waals surface area contributed by atoms with Crippen molar-refractivity contribution in [1.29, 1.82) is 0 Å². The predicted octanol–water partition coefficient (Wildman–Crippen LogP) is 3.04. The van der Waals surface area contributed by atoms with Crippen LogP contribution in [0.3, 0.4) is 0 Å². The van der Waals surface area contributed by atoms with E-state index in [0.717, 1.165) is 11.3 Å². The number of carbonyl (C=O) groups is 1. The molecule has 0 aliphatic carbocycles. The van der Waals surface area contributed by atoms with Gasteiger partial charge in [-0.25, -0.2) is 4.79 Å². The molecule has 0 saturated carbocycles. The van der Waals surface area contributed by atoms with Gasteiger partial charge in [0.1, 0.15) is 5.75 Å². The van der Waals surface area contributed by atoms with E-state index in [9.17, 15) is 4.79 Å². The Labute approximate surface area is 119 Å². The lowest BCUT2D eigenvalue weighted by atomic mass is 10.2. The average molecular weight is 270 g/mol. The molecule has 0 atom stereocenters. The quantitative estimate of drug-likeness (QED) is 0.928. The zero-order valence-corrected chi connectivity index (χ0v) is 11.7. The van der Waals surface area contributed by atoms with Crippen molar-refractivity contribution >= 4 is 11.8 Å². The van der Waals surface area contributed by atoms with Gasteiger partial charge in [-0.1, -0.05) is 36.4 Å². The third kappa shape index (κ3) is 4.02. The first-order chi connectivity index (χ1) is 9.65. The lowest BCUT2D eigenvalue weighted by Gasteiger charge is -2.13. The van der Waals surface area contributed by atoms with E-state index in [1.807, 2.05) is 67.5 Å². The van der Waals surface area contributed by atoms with Crippen LogP contribution < -0.4 is 15.0 Å². The summed E-state index contributed by atoms with van der Waals surface area (Å²) >= 11 is 0. The van der Waals surface area contributed by atoms with Crippen molar-refractivity contribution in [1.82, 2.24) is 5.32 Å². The van der Waals surface area contributed by atoms with Crippen molar-refractivity contribution in [2.24, 2.45) is 0 Å². The number of amides is 1. The maximum atomic E-state index is 11.7. The summed E-state index contributed by atoms with van der Waals surface area (Å²) in [5, 5.41) is 2.72. The number of carbonyl (C=O) groups excluding carboxylic acids is 1. The van der Waals surface area contributed by atoms with E-state index in [1.165, 1.54) is 0 Å². The molecule has 1 N–H and O–H groups in total. The number of hydrogen-bond donors (Lipinski definition) is 1. The minimum atomic E-state index is -0.454. The number of benzene rings is 2. The first-order valence-corrected chi connectivity index (χ1v) is 6.42. The molecule has 0 aliphatic rings. The van der Waals surface area contributed by atoms with E-state index in [0.29, 0.717) is 12.3 Å². The van der Waals surface area contributed by atoms with Crippen molar-refractivity contribution in [3.63, 3.8) is 0 Å². The second-order valence-corrected chi connectivity index (χ2v) is 4.62. The molecular formula is C16H18N2O2. The lowest BCUT2D eigenvalue weighted by molar-refractivity contribution is 0.200. The molecule has 2 aromatic rings. The third-order valence-corrected chi connectivity index (χ3v) is 2.82. The molecular weight excluding hydrogens is 252 g/mol. The largest absolute Gasteiger partial charge is 0.412 e. The number of anilines is 1. The summed E-state index contributed by atoms with van der Waals surface area (Å²) in [7, 11) is 3.88. The molecule has 4 heteroatoms. The third-order valence-electron chi connectivity index (χ3n) is 2.82. The Balaban J connectivity index is 1.90. The number of ether oxygens (including phenoxy) is 1. The van der Waals surface area contributed by atoms with Crippen molar-refractivity contribution < 1.29 is 9.53 Å². The Morgan fingerprint density at radius 3 is 2.55 bits per heavy atom. The van der Waals surface area contributed by atoms with Crippen molar-refractivity contribution in [3.05, 3.63) is 60.2 Å². The molecule has 0 saturated heterocycles. The number of hydrogen-bond acceptors (Lipinski definition) is 3. The van der Waals surface area contributed by atoms with Gasteiger partial charge in [0.2, 0.25) is 0 Å². The van der Waals surface area contributed by atoms with Gasteiger partial charge < -0.3 is 15.0 Å². The van der Waals surface area contributed by atoms with Gasteiger partial charge in [-0.05, 0) is 17.7 Å². The maximum Gasteiger partial charge on any atom is 0.412 e. The topological polar surface area (TPSA) is 41.6 Å². The zero-order chi connectivity index (χ0) is 14.4. The highest BCUT2D eigenvalue weighted by Crippen LogP contribution is 2.19. The summed E-state index contributed by atoms with van der Waals surface area (Å²) in [4.78, 5) is 13.7. The van der Waals surface area contributed by atoms with Crippen molar-refractivity contribution in [3.8, 4) is 5.75 Å². The predicted molar refractivity (Wildman–Crippen MR) is 80.1 cm³/mol. The summed E-state index contributed by atoms with van der Waals surface area (Å²) in [5.74, 6) is 0.529. The summed E-state index contributed by atoms with van der Waals surface area (Å²) in [6.07, 6.45) is -0.454. The van der Waals surface area contributed by atoms with Gasteiger partial charge in [0, 0.05) is 32.4 Å². The minimum Gasteiger partial charge on any atom is -0.410 e. The van der Waals surface area contributed by atoms with Crippen LogP contribution in [-0.4, -0.2) is 20.2 Å². The molecule has 0 fully saturated rings. The van der Waals surface area contributed by atoms with Gasteiger partial charge in [-0.2, -0.15) is 0 Å². The second kappa shape index (κ2) is 6.61. The Hall–Kier alpha value is -2.49. The summed E-state index contributed by atoms with van der Waals surface area (Å²) in [6.45, 7) is 0.451. The number of rotatable bonds is 4. The minimum absolute atomic E-state index is 0.451. The molecule has 0 aliphatic heterocycles. The van der Waals surface area contributed by atoms with Gasteiger partial charge in [-0.15, -0.1) is 0 Å². The van der Waals surface area contributed by atoms with E-state index in [-0.39, 0.29) is 0 Å². The smallest absolute Gasteiger partial charge is 0.410 e. The molecule has 104 valence electrons. The van der Waals surface area contributed by atoms with E-state index < -0.39 is 6.09 Å². The first kappa shape index (κ1) is 13.9. The Morgan fingerprint density at radius 1 is 1.10 bits per heavy atom. The van der Waals surface area contributed by atoms with E-state index in [1.54, 1.807) is 6.07 Å². The highest BCUT2D eigenvalue weighted by molar-refractivity contribution is 5.71. The molecule has 0 unspecified atom stereocenters. The highest BCUT2D eigenvalue weighted by atomic mass is 16.6. The summed E-state index contributed by atoms with van der Waals surface area (Å²) in [6, 6.07) is 17.1. The van der Waals surface area contributed by atoms with E-state index in [4.69, 9.17) is 4.74 Å². The maximum absolute atomic E-state index is 11.7. The molecule has 0 bridgehead atoms. The van der Waals surface area contributed by atoms with Gasteiger partial charge in [-0.3, -0.25) is 0 Å². The monoisotopic (exact) mass is 270 g/mol. The van der Waals surface area contributed by atoms with Gasteiger partial charge in [0.15, 0.2) is 0 Å². The SMILES string of the molecule is CN(C)c1cccc(OC(=O)NCc2ccccc2)c1. The van der Waals surface area contributed by atoms with E-state index >= 15 is 0 Å². The second-order valence-electron chi connectivity index (χ2n) is 4.62. The number of nitrogens with zero attached hydrogens (tertiary/aromatic N) is 1. The molecule has 0 radical (unpaired) electrons. The Bertz CT molecular complexity index is 568. The van der Waals surface area contributed by atoms with Crippen LogP contribution in [0.1, 0.15) is 5.56 Å². The van der Waals surface area contributed by atoms with Crippen LogP contribution in [0, 0.1) is 0 Å². The molecule has 20 heavy (non-hydrogen) atoms. The zero-order valence-electron chi connectivity index (χ0n) is 11.7. The van der Waals surface area contributed by atoms with Gasteiger partial charge >= 0.3 is 6.09 Å². The van der Waals surface area contributed by atoms with Crippen LogP contribution in [0.4, 0.5) is 10.5 Å². The summed E-state index contributed by atoms with van der Waals surface area (Å²) in [5.41, 5.74) is 2.02. The van der Waals surface area contributed by atoms with Crippen LogP contribution in [0.25, 0.3) is 0 Å². The average Bonchev–Trinajstić information content (AvgIpc) is 2.46. The van der Waals surface area contributed by atoms with Crippen LogP contribution >= 0.6 is 0 Å². The molecule has 2 rings (SSSR count). The van der Waals surface area contributed by atoms with Crippen LogP contribution in [0.15, 0.2) is 54.6 Å². The molecule has 1 amide bonds. The van der Waals surface area contributed by atoms with Gasteiger partial charge in [0.05, 0.1) is 0 Å². The highest BCUT2D eigenvalue weighted by Gasteiger charge is 2.05. The standard InChI is InChI=1S/C16H18N2O2/c1-18(2)14-9-6-10-15(11-14)20-16(19)17-12-13-7-4-3-5-8-13/h3-11H,12H2,1-2H3,(H,17,19). The molecule has 0 aromatic heterocycles. The molecule has 0 heterocycles. The van der Waals surface area contributed by atoms with E-state index in [2.05, 4.69) is 5.32 Å². The normalized spacial score (nSPS) is 9.90. The Kier molecular flexibility index (Phi) is 4.60. The molecule has 4 nitrogen and oxygen atoms in total. The van der Waals surface area contributed by atoms with Gasteiger partial charge in [0.25, 0.3) is 0 Å². The number of nitrogens with one attached hydrogen (secondary N) is 1. The molecule has 2 aromatic carbocycles. The lowest BCUT2D eigenvalue weighted by Crippen LogP contribution is -2.26. The fourth-order valence-corrected chi connectivity index (χ4v) is 1.74.